The smallest absolute Gasteiger partial charge is 0.113 e. The number of fused-ring (bicyclic) bond motifs is 1. The average Bonchev–Trinajstić information content (AvgIpc) is 2.72. The average molecular weight is 263 g/mol. The van der Waals surface area contributed by atoms with E-state index in [4.69, 9.17) is 11.6 Å². The second-order valence-electron chi connectivity index (χ2n) is 4.77. The van der Waals surface area contributed by atoms with Gasteiger partial charge in [0, 0.05) is 36.3 Å². The van der Waals surface area contributed by atoms with Gasteiger partial charge in [0.1, 0.15) is 5.82 Å². The third-order valence-corrected chi connectivity index (χ3v) is 3.64. The van der Waals surface area contributed by atoms with Crippen LogP contribution in [0.15, 0.2) is 30.5 Å². The molecule has 0 radical (unpaired) electrons. The van der Waals surface area contributed by atoms with Gasteiger partial charge < -0.3 is 9.67 Å². The van der Waals surface area contributed by atoms with E-state index in [2.05, 4.69) is 15.6 Å². The standard InChI is InChI=1S/C14H15ClN2O/c15-11-3-1-2-10(6-11)7-14-16-9-12-8-13(18)4-5-17(12)14/h1-3,6,9,13,18H,4-5,7-8H2. The highest BCUT2D eigenvalue weighted by Gasteiger charge is 2.19. The van der Waals surface area contributed by atoms with Gasteiger partial charge in [-0.05, 0) is 24.1 Å². The van der Waals surface area contributed by atoms with E-state index in [1.807, 2.05) is 24.4 Å². The fourth-order valence-corrected chi connectivity index (χ4v) is 2.69. The molecule has 94 valence electrons. The summed E-state index contributed by atoms with van der Waals surface area (Å²) in [6, 6.07) is 7.87. The van der Waals surface area contributed by atoms with Crippen molar-refractivity contribution in [2.45, 2.75) is 31.9 Å². The Morgan fingerprint density at radius 3 is 3.17 bits per heavy atom. The lowest BCUT2D eigenvalue weighted by molar-refractivity contribution is 0.143. The number of halogens is 1. The highest BCUT2D eigenvalue weighted by Crippen LogP contribution is 2.20. The van der Waals surface area contributed by atoms with Crippen LogP contribution in [0.2, 0.25) is 5.02 Å². The van der Waals surface area contributed by atoms with Crippen LogP contribution in [0.4, 0.5) is 0 Å². The molecule has 1 atom stereocenters. The number of rotatable bonds is 2. The van der Waals surface area contributed by atoms with Crippen molar-refractivity contribution < 1.29 is 5.11 Å². The van der Waals surface area contributed by atoms with Crippen LogP contribution >= 0.6 is 11.6 Å². The first-order valence-electron chi connectivity index (χ1n) is 6.18. The molecule has 2 heterocycles. The molecule has 0 amide bonds. The molecule has 0 fully saturated rings. The molecule has 1 aromatic carbocycles. The highest BCUT2D eigenvalue weighted by atomic mass is 35.5. The fourth-order valence-electron chi connectivity index (χ4n) is 2.48. The van der Waals surface area contributed by atoms with Gasteiger partial charge in [0.05, 0.1) is 6.10 Å². The van der Waals surface area contributed by atoms with Crippen molar-refractivity contribution in [3.05, 3.63) is 52.6 Å². The zero-order chi connectivity index (χ0) is 12.5. The number of benzene rings is 1. The Bertz CT molecular complexity index is 565. The first kappa shape index (κ1) is 11.8. The van der Waals surface area contributed by atoms with Crippen LogP contribution in [0.1, 0.15) is 23.5 Å². The van der Waals surface area contributed by atoms with Crippen molar-refractivity contribution in [2.24, 2.45) is 0 Å². The third-order valence-electron chi connectivity index (χ3n) is 3.40. The van der Waals surface area contributed by atoms with E-state index in [9.17, 15) is 5.11 Å². The normalized spacial score (nSPS) is 18.7. The minimum atomic E-state index is -0.215. The number of hydrogen-bond acceptors (Lipinski definition) is 2. The van der Waals surface area contributed by atoms with E-state index in [1.54, 1.807) is 0 Å². The van der Waals surface area contributed by atoms with E-state index in [0.717, 1.165) is 35.9 Å². The summed E-state index contributed by atoms with van der Waals surface area (Å²) < 4.78 is 2.22. The number of aliphatic hydroxyl groups is 1. The van der Waals surface area contributed by atoms with E-state index in [-0.39, 0.29) is 6.10 Å². The molecule has 1 N–H and O–H groups in total. The first-order chi connectivity index (χ1) is 8.72. The quantitative estimate of drug-likeness (QED) is 0.903. The minimum absolute atomic E-state index is 0.215. The van der Waals surface area contributed by atoms with Crippen LogP contribution in [0, 0.1) is 0 Å². The van der Waals surface area contributed by atoms with Gasteiger partial charge in [0.25, 0.3) is 0 Å². The summed E-state index contributed by atoms with van der Waals surface area (Å²) in [5, 5.41) is 10.4. The SMILES string of the molecule is OC1CCn2c(cnc2Cc2cccc(Cl)c2)C1. The lowest BCUT2D eigenvalue weighted by atomic mass is 10.1. The van der Waals surface area contributed by atoms with Crippen molar-refractivity contribution in [3.63, 3.8) is 0 Å². The molecule has 2 aromatic rings. The van der Waals surface area contributed by atoms with Crippen LogP contribution in [-0.4, -0.2) is 20.8 Å². The Balaban J connectivity index is 1.86. The molecule has 0 saturated heterocycles. The molecule has 1 unspecified atom stereocenters. The number of imidazole rings is 1. The molecule has 4 heteroatoms. The van der Waals surface area contributed by atoms with Crippen LogP contribution in [0.3, 0.4) is 0 Å². The third kappa shape index (κ3) is 2.28. The Labute approximate surface area is 111 Å². The zero-order valence-corrected chi connectivity index (χ0v) is 10.8. The largest absolute Gasteiger partial charge is 0.393 e. The predicted molar refractivity (Wildman–Crippen MR) is 70.8 cm³/mol. The monoisotopic (exact) mass is 262 g/mol. The summed E-state index contributed by atoms with van der Waals surface area (Å²) in [6.45, 7) is 0.854. The second kappa shape index (κ2) is 4.75. The minimum Gasteiger partial charge on any atom is -0.393 e. The molecular weight excluding hydrogens is 248 g/mol. The van der Waals surface area contributed by atoms with Crippen LogP contribution < -0.4 is 0 Å². The van der Waals surface area contributed by atoms with Gasteiger partial charge in [0.2, 0.25) is 0 Å². The molecule has 0 bridgehead atoms. The highest BCUT2D eigenvalue weighted by molar-refractivity contribution is 6.30. The van der Waals surface area contributed by atoms with Gasteiger partial charge in [-0.2, -0.15) is 0 Å². The number of hydrogen-bond donors (Lipinski definition) is 1. The molecule has 1 aliphatic heterocycles. The van der Waals surface area contributed by atoms with Crippen molar-refractivity contribution in [3.8, 4) is 0 Å². The molecule has 0 aliphatic carbocycles. The van der Waals surface area contributed by atoms with E-state index < -0.39 is 0 Å². The van der Waals surface area contributed by atoms with Crippen molar-refractivity contribution >= 4 is 11.6 Å². The van der Waals surface area contributed by atoms with Gasteiger partial charge in [-0.25, -0.2) is 4.98 Å². The molecular formula is C14H15ClN2O. The lowest BCUT2D eigenvalue weighted by Crippen LogP contribution is -2.23. The summed E-state index contributed by atoms with van der Waals surface area (Å²) >= 11 is 5.99. The Morgan fingerprint density at radius 2 is 2.33 bits per heavy atom. The maximum atomic E-state index is 9.63. The second-order valence-corrected chi connectivity index (χ2v) is 5.21. The summed E-state index contributed by atoms with van der Waals surface area (Å²) in [5.74, 6) is 1.05. The summed E-state index contributed by atoms with van der Waals surface area (Å²) in [7, 11) is 0. The lowest BCUT2D eigenvalue weighted by Gasteiger charge is -2.21. The van der Waals surface area contributed by atoms with Gasteiger partial charge in [0.15, 0.2) is 0 Å². The Hall–Kier alpha value is -1.32. The summed E-state index contributed by atoms with van der Waals surface area (Å²) in [6.07, 6.45) is 3.97. The molecule has 0 spiro atoms. The summed E-state index contributed by atoms with van der Waals surface area (Å²) in [4.78, 5) is 4.47. The van der Waals surface area contributed by atoms with Gasteiger partial charge in [-0.15, -0.1) is 0 Å². The molecule has 1 aliphatic rings. The topological polar surface area (TPSA) is 38.0 Å². The maximum Gasteiger partial charge on any atom is 0.113 e. The van der Waals surface area contributed by atoms with Crippen LogP contribution in [-0.2, 0) is 19.4 Å². The number of nitrogens with zero attached hydrogens (tertiary/aromatic N) is 2. The molecule has 3 rings (SSSR count). The maximum absolute atomic E-state index is 9.63. The zero-order valence-electron chi connectivity index (χ0n) is 10.0. The number of aromatic nitrogens is 2. The molecule has 18 heavy (non-hydrogen) atoms. The van der Waals surface area contributed by atoms with E-state index in [0.29, 0.717) is 6.42 Å². The molecule has 3 nitrogen and oxygen atoms in total. The van der Waals surface area contributed by atoms with Gasteiger partial charge >= 0.3 is 0 Å². The molecule has 0 saturated carbocycles. The Kier molecular flexibility index (Phi) is 3.10. The number of aliphatic hydroxyl groups excluding tert-OH is 1. The predicted octanol–water partition coefficient (Wildman–Crippen LogP) is 2.43. The van der Waals surface area contributed by atoms with Crippen LogP contribution in [0.5, 0.6) is 0 Å². The summed E-state index contributed by atoms with van der Waals surface area (Å²) in [5.41, 5.74) is 2.30. The van der Waals surface area contributed by atoms with Crippen molar-refractivity contribution in [1.29, 1.82) is 0 Å². The fraction of sp³-hybridized carbons (Fsp3) is 0.357. The first-order valence-corrected chi connectivity index (χ1v) is 6.56. The van der Waals surface area contributed by atoms with Gasteiger partial charge in [-0.3, -0.25) is 0 Å². The molecule has 1 aromatic heterocycles. The Morgan fingerprint density at radius 1 is 1.44 bits per heavy atom. The van der Waals surface area contributed by atoms with Gasteiger partial charge in [-0.1, -0.05) is 23.7 Å². The van der Waals surface area contributed by atoms with Crippen molar-refractivity contribution in [2.75, 3.05) is 0 Å². The van der Waals surface area contributed by atoms with E-state index in [1.165, 1.54) is 5.56 Å². The van der Waals surface area contributed by atoms with Crippen LogP contribution in [0.25, 0.3) is 0 Å². The van der Waals surface area contributed by atoms with Crippen molar-refractivity contribution in [1.82, 2.24) is 9.55 Å². The van der Waals surface area contributed by atoms with E-state index >= 15 is 0 Å².